The molecule has 0 atom stereocenters. The molecule has 2 N–H and O–H groups in total. The fourth-order valence-corrected chi connectivity index (χ4v) is 5.97. The van der Waals surface area contributed by atoms with Gasteiger partial charge in [0.1, 0.15) is 0 Å². The number of thiophene rings is 2. The summed E-state index contributed by atoms with van der Waals surface area (Å²) in [5, 5.41) is 14.0. The molecular formula is C20H21N3O2S3. The van der Waals surface area contributed by atoms with E-state index < -0.39 is 0 Å². The first-order valence-corrected chi connectivity index (χ1v) is 11.9. The minimum Gasteiger partial charge on any atom is -0.355 e. The summed E-state index contributed by atoms with van der Waals surface area (Å²) in [6.45, 7) is 0.679. The Bertz CT molecular complexity index is 926. The van der Waals surface area contributed by atoms with Crippen molar-refractivity contribution in [3.8, 4) is 0 Å². The summed E-state index contributed by atoms with van der Waals surface area (Å²) in [4.78, 5) is 30.3. The molecule has 0 bridgehead atoms. The number of nitrogens with zero attached hydrogens (tertiary/aromatic N) is 1. The van der Waals surface area contributed by atoms with E-state index >= 15 is 0 Å². The monoisotopic (exact) mass is 431 g/mol. The predicted molar refractivity (Wildman–Crippen MR) is 116 cm³/mol. The molecule has 3 aromatic heterocycles. The van der Waals surface area contributed by atoms with Crippen LogP contribution in [-0.2, 0) is 16.6 Å². The number of amides is 2. The summed E-state index contributed by atoms with van der Waals surface area (Å²) in [6.07, 6.45) is 4.91. The van der Waals surface area contributed by atoms with Gasteiger partial charge in [0.05, 0.1) is 17.7 Å². The van der Waals surface area contributed by atoms with Crippen molar-refractivity contribution >= 4 is 51.0 Å². The van der Waals surface area contributed by atoms with E-state index in [0.717, 1.165) is 12.8 Å². The zero-order valence-electron chi connectivity index (χ0n) is 15.3. The molecule has 0 radical (unpaired) electrons. The van der Waals surface area contributed by atoms with E-state index in [1.54, 1.807) is 22.8 Å². The first-order valence-electron chi connectivity index (χ1n) is 9.23. The number of rotatable bonds is 7. The Morgan fingerprint density at radius 1 is 1.11 bits per heavy atom. The highest BCUT2D eigenvalue weighted by Crippen LogP contribution is 2.42. The summed E-state index contributed by atoms with van der Waals surface area (Å²) in [7, 11) is 0. The molecule has 1 saturated carbocycles. The summed E-state index contributed by atoms with van der Waals surface area (Å²) >= 11 is 4.60. The van der Waals surface area contributed by atoms with Crippen molar-refractivity contribution in [2.24, 2.45) is 0 Å². The van der Waals surface area contributed by atoms with Gasteiger partial charge in [-0.1, -0.05) is 18.9 Å². The highest BCUT2D eigenvalue weighted by molar-refractivity contribution is 7.14. The maximum Gasteiger partial charge on any atom is 0.258 e. The third kappa shape index (κ3) is 4.34. The van der Waals surface area contributed by atoms with Gasteiger partial charge in [0.25, 0.3) is 5.91 Å². The highest BCUT2D eigenvalue weighted by Gasteiger charge is 2.36. The Morgan fingerprint density at radius 2 is 1.96 bits per heavy atom. The van der Waals surface area contributed by atoms with Gasteiger partial charge in [-0.05, 0) is 35.7 Å². The molecule has 0 aromatic carbocycles. The van der Waals surface area contributed by atoms with Crippen LogP contribution in [0.25, 0.3) is 0 Å². The number of anilines is 1. The number of aromatic nitrogens is 1. The van der Waals surface area contributed by atoms with E-state index in [1.165, 1.54) is 40.4 Å². The molecule has 3 heterocycles. The fraction of sp³-hybridized carbons (Fsp3) is 0.350. The molecule has 1 aliphatic rings. The Morgan fingerprint density at radius 3 is 2.68 bits per heavy atom. The predicted octanol–water partition coefficient (Wildman–Crippen LogP) is 4.69. The Kier molecular flexibility index (Phi) is 5.89. The third-order valence-electron chi connectivity index (χ3n) is 5.13. The van der Waals surface area contributed by atoms with Crippen LogP contribution in [0.4, 0.5) is 5.13 Å². The fourth-order valence-electron chi connectivity index (χ4n) is 3.65. The van der Waals surface area contributed by atoms with Crippen LogP contribution in [0, 0.1) is 0 Å². The second kappa shape index (κ2) is 8.55. The van der Waals surface area contributed by atoms with E-state index in [9.17, 15) is 9.59 Å². The van der Waals surface area contributed by atoms with Crippen LogP contribution in [0.5, 0.6) is 0 Å². The van der Waals surface area contributed by atoms with Crippen LogP contribution in [0.1, 0.15) is 46.6 Å². The second-order valence-electron chi connectivity index (χ2n) is 7.03. The normalized spacial score (nSPS) is 15.4. The molecule has 3 aromatic rings. The van der Waals surface area contributed by atoms with Crippen LogP contribution < -0.4 is 10.6 Å². The summed E-state index contributed by atoms with van der Waals surface area (Å²) in [5.74, 6) is -0.199. The number of nitrogens with one attached hydrogen (secondary N) is 2. The molecule has 28 heavy (non-hydrogen) atoms. The molecule has 1 aliphatic carbocycles. The van der Waals surface area contributed by atoms with Gasteiger partial charge in [0.15, 0.2) is 5.13 Å². The summed E-state index contributed by atoms with van der Waals surface area (Å²) in [6, 6.07) is 6.04. The van der Waals surface area contributed by atoms with Crippen LogP contribution in [-0.4, -0.2) is 23.3 Å². The summed E-state index contributed by atoms with van der Waals surface area (Å²) in [5.41, 5.74) is 1.39. The van der Waals surface area contributed by atoms with E-state index in [4.69, 9.17) is 0 Å². The number of carbonyl (C=O) groups excluding carboxylic acids is 2. The SMILES string of the molecule is O=C(Cc1csc(NC(=O)c2ccsc2)n1)NCC1(c2cccs2)CCCC1. The van der Waals surface area contributed by atoms with Gasteiger partial charge >= 0.3 is 0 Å². The van der Waals surface area contributed by atoms with Crippen LogP contribution >= 0.6 is 34.0 Å². The lowest BCUT2D eigenvalue weighted by atomic mass is 9.84. The zero-order valence-corrected chi connectivity index (χ0v) is 17.7. The molecule has 0 aliphatic heterocycles. The van der Waals surface area contributed by atoms with Gasteiger partial charge in [-0.2, -0.15) is 11.3 Å². The standard InChI is InChI=1S/C20H21N3O2S3/c24-17(21-13-20(6-1-2-7-20)16-4-3-8-27-16)10-15-12-28-19(22-15)23-18(25)14-5-9-26-11-14/h3-5,8-9,11-12H,1-2,6-7,10,13H2,(H,21,24)(H,22,23,25). The molecule has 146 valence electrons. The van der Waals surface area contributed by atoms with Crippen LogP contribution in [0.15, 0.2) is 39.7 Å². The van der Waals surface area contributed by atoms with Crippen molar-refractivity contribution in [1.29, 1.82) is 0 Å². The minimum absolute atomic E-state index is 0.0242. The van der Waals surface area contributed by atoms with E-state index in [-0.39, 0.29) is 23.7 Å². The van der Waals surface area contributed by atoms with E-state index in [1.807, 2.05) is 10.8 Å². The molecule has 0 unspecified atom stereocenters. The Balaban J connectivity index is 1.32. The quantitative estimate of drug-likeness (QED) is 0.570. The number of carbonyl (C=O) groups is 2. The molecule has 0 saturated heterocycles. The van der Waals surface area contributed by atoms with Gasteiger partial charge < -0.3 is 5.32 Å². The largest absolute Gasteiger partial charge is 0.355 e. The Hall–Kier alpha value is -2.03. The van der Waals surface area contributed by atoms with Crippen LogP contribution in [0.2, 0.25) is 0 Å². The first-order chi connectivity index (χ1) is 13.6. The van der Waals surface area contributed by atoms with Crippen molar-refractivity contribution in [2.75, 3.05) is 11.9 Å². The molecule has 2 amide bonds. The number of hydrogen-bond acceptors (Lipinski definition) is 6. The number of thiazole rings is 1. The third-order valence-corrected chi connectivity index (χ3v) is 7.73. The zero-order chi connectivity index (χ0) is 19.4. The molecule has 8 heteroatoms. The topological polar surface area (TPSA) is 71.1 Å². The average Bonchev–Trinajstić information content (AvgIpc) is 3.48. The maximum atomic E-state index is 12.5. The van der Waals surface area contributed by atoms with Gasteiger partial charge in [-0.15, -0.1) is 22.7 Å². The van der Waals surface area contributed by atoms with Crippen molar-refractivity contribution in [2.45, 2.75) is 37.5 Å². The van der Waals surface area contributed by atoms with Crippen molar-refractivity contribution < 1.29 is 9.59 Å². The van der Waals surface area contributed by atoms with Crippen molar-refractivity contribution in [1.82, 2.24) is 10.3 Å². The highest BCUT2D eigenvalue weighted by atomic mass is 32.1. The Labute approximate surface area is 175 Å². The molecule has 0 spiro atoms. The van der Waals surface area contributed by atoms with Gasteiger partial charge in [-0.25, -0.2) is 4.98 Å². The molecule has 5 nitrogen and oxygen atoms in total. The molecular weight excluding hydrogens is 410 g/mol. The van der Waals surface area contributed by atoms with Gasteiger partial charge in [-0.3, -0.25) is 14.9 Å². The van der Waals surface area contributed by atoms with Gasteiger partial charge in [0.2, 0.25) is 5.91 Å². The van der Waals surface area contributed by atoms with Gasteiger partial charge in [0, 0.05) is 27.6 Å². The van der Waals surface area contributed by atoms with E-state index in [0.29, 0.717) is 22.9 Å². The first kappa shape index (κ1) is 19.3. The van der Waals surface area contributed by atoms with Crippen molar-refractivity contribution in [3.05, 3.63) is 55.9 Å². The lowest BCUT2D eigenvalue weighted by Gasteiger charge is -2.28. The lowest BCUT2D eigenvalue weighted by molar-refractivity contribution is -0.120. The molecule has 4 rings (SSSR count). The van der Waals surface area contributed by atoms with Crippen molar-refractivity contribution in [3.63, 3.8) is 0 Å². The molecule has 1 fully saturated rings. The van der Waals surface area contributed by atoms with Crippen LogP contribution in [0.3, 0.4) is 0 Å². The second-order valence-corrected chi connectivity index (χ2v) is 9.61. The average molecular weight is 432 g/mol. The van der Waals surface area contributed by atoms with E-state index in [2.05, 4.69) is 33.1 Å². The summed E-state index contributed by atoms with van der Waals surface area (Å²) < 4.78 is 0. The maximum absolute atomic E-state index is 12.5. The minimum atomic E-state index is -0.175. The number of hydrogen-bond donors (Lipinski definition) is 2. The smallest absolute Gasteiger partial charge is 0.258 e. The lowest BCUT2D eigenvalue weighted by Crippen LogP contribution is -2.39.